The van der Waals surface area contributed by atoms with Crippen LogP contribution in [0.15, 0.2) is 76.6 Å². The number of H-pyrrole nitrogens is 1. The van der Waals surface area contributed by atoms with Gasteiger partial charge in [-0.2, -0.15) is 0 Å². The van der Waals surface area contributed by atoms with Crippen LogP contribution in [0, 0.1) is 0 Å². The number of aromatic nitrogens is 2. The molecule has 0 radical (unpaired) electrons. The van der Waals surface area contributed by atoms with Gasteiger partial charge < -0.3 is 14.3 Å². The summed E-state index contributed by atoms with van der Waals surface area (Å²) in [5.74, 6) is 1.96. The van der Waals surface area contributed by atoms with Gasteiger partial charge in [-0.3, -0.25) is 0 Å². The highest BCUT2D eigenvalue weighted by atomic mass is 32.2. The molecule has 30 heavy (non-hydrogen) atoms. The van der Waals surface area contributed by atoms with E-state index in [1.807, 2.05) is 54.3 Å². The van der Waals surface area contributed by atoms with Gasteiger partial charge in [-0.05, 0) is 42.1 Å². The Morgan fingerprint density at radius 3 is 2.63 bits per heavy atom. The van der Waals surface area contributed by atoms with E-state index in [-0.39, 0.29) is 5.56 Å². The van der Waals surface area contributed by atoms with Crippen molar-refractivity contribution in [2.75, 3.05) is 7.11 Å². The highest BCUT2D eigenvalue weighted by Crippen LogP contribution is 2.36. The van der Waals surface area contributed by atoms with Crippen LogP contribution in [0.2, 0.25) is 0 Å². The first kappa shape index (κ1) is 19.8. The molecule has 0 fully saturated rings. The molecule has 0 saturated carbocycles. The number of thioether (sulfide) groups is 1. The van der Waals surface area contributed by atoms with Crippen molar-refractivity contribution < 1.29 is 23.6 Å². The Morgan fingerprint density at radius 1 is 1.17 bits per heavy atom. The summed E-state index contributed by atoms with van der Waals surface area (Å²) in [5, 5.41) is 10.2. The van der Waals surface area contributed by atoms with Gasteiger partial charge in [0.15, 0.2) is 0 Å². The van der Waals surface area contributed by atoms with Gasteiger partial charge in [0, 0.05) is 22.4 Å². The molecule has 2 aromatic carbocycles. The molecular formula is C23H21N2O4S+. The topological polar surface area (TPSA) is 79.3 Å². The van der Waals surface area contributed by atoms with E-state index in [1.165, 1.54) is 0 Å². The Hall–Kier alpha value is -3.45. The Bertz CT molecular complexity index is 1180. The zero-order valence-corrected chi connectivity index (χ0v) is 17.4. The molecule has 0 spiro atoms. The minimum Gasteiger partial charge on any atom is -0.497 e. The number of carboxylic acid groups (broad SMARTS) is 1. The van der Waals surface area contributed by atoms with Crippen LogP contribution in [-0.2, 0) is 12.8 Å². The van der Waals surface area contributed by atoms with Crippen molar-refractivity contribution in [2.24, 2.45) is 7.05 Å². The summed E-state index contributed by atoms with van der Waals surface area (Å²) in [7, 11) is 3.62. The standard InChI is InChI=1S/C23H20N2O4S/c1-25-11-10-24-23(25)30-14-18-13-20(17-4-3-5-19(12-17)28-2)29-21(18)15-6-8-16(9-7-15)22(26)27/h3-13H,14H2,1-2H3,(H,26,27)/p+1. The predicted molar refractivity (Wildman–Crippen MR) is 115 cm³/mol. The summed E-state index contributed by atoms with van der Waals surface area (Å²) in [6, 6.07) is 16.5. The minimum atomic E-state index is -0.951. The van der Waals surface area contributed by atoms with Gasteiger partial charge in [-0.25, -0.2) is 14.3 Å². The number of carbonyl (C=O) groups is 1. The lowest BCUT2D eigenvalue weighted by atomic mass is 10.1. The Kier molecular flexibility index (Phi) is 5.63. The number of rotatable bonds is 7. The van der Waals surface area contributed by atoms with Crippen LogP contribution in [0.3, 0.4) is 0 Å². The quantitative estimate of drug-likeness (QED) is 0.332. The molecule has 4 rings (SSSR count). The van der Waals surface area contributed by atoms with E-state index < -0.39 is 5.97 Å². The Morgan fingerprint density at radius 2 is 1.97 bits per heavy atom. The molecule has 0 aliphatic carbocycles. The van der Waals surface area contributed by atoms with Crippen molar-refractivity contribution in [1.29, 1.82) is 0 Å². The summed E-state index contributed by atoms with van der Waals surface area (Å²) >= 11 is 1.67. The van der Waals surface area contributed by atoms with Gasteiger partial charge in [-0.1, -0.05) is 24.3 Å². The number of ether oxygens (including phenoxy) is 1. The number of aryl methyl sites for hydroxylation is 1. The first-order chi connectivity index (χ1) is 14.5. The molecule has 6 nitrogen and oxygen atoms in total. The van der Waals surface area contributed by atoms with E-state index in [4.69, 9.17) is 9.15 Å². The number of nitrogens with one attached hydrogen (secondary N) is 1. The number of imidazole rings is 1. The summed E-state index contributed by atoms with van der Waals surface area (Å²) in [5.41, 5.74) is 3.02. The van der Waals surface area contributed by atoms with Gasteiger partial charge in [-0.15, -0.1) is 0 Å². The largest absolute Gasteiger partial charge is 0.497 e. The number of hydrogen-bond donors (Lipinski definition) is 2. The zero-order chi connectivity index (χ0) is 21.1. The summed E-state index contributed by atoms with van der Waals surface area (Å²) in [6.07, 6.45) is 3.86. The summed E-state index contributed by atoms with van der Waals surface area (Å²) < 4.78 is 13.6. The molecule has 152 valence electrons. The predicted octanol–water partition coefficient (Wildman–Crippen LogP) is 4.77. The molecular weight excluding hydrogens is 400 g/mol. The summed E-state index contributed by atoms with van der Waals surface area (Å²) in [4.78, 5) is 14.4. The second-order valence-corrected chi connectivity index (χ2v) is 7.71. The van der Waals surface area contributed by atoms with Crippen LogP contribution in [0.4, 0.5) is 0 Å². The number of hydrogen-bond acceptors (Lipinski definition) is 4. The third-order valence-corrected chi connectivity index (χ3v) is 5.88. The van der Waals surface area contributed by atoms with Crippen molar-refractivity contribution in [2.45, 2.75) is 10.9 Å². The van der Waals surface area contributed by atoms with Crippen molar-refractivity contribution >= 4 is 17.7 Å². The number of methoxy groups -OCH3 is 1. The van der Waals surface area contributed by atoms with Crippen LogP contribution in [0.25, 0.3) is 22.6 Å². The highest BCUT2D eigenvalue weighted by molar-refractivity contribution is 7.98. The van der Waals surface area contributed by atoms with Gasteiger partial charge >= 0.3 is 11.1 Å². The van der Waals surface area contributed by atoms with Gasteiger partial charge in [0.25, 0.3) is 0 Å². The fourth-order valence-electron chi connectivity index (χ4n) is 3.14. The van der Waals surface area contributed by atoms with Crippen LogP contribution in [0.5, 0.6) is 5.75 Å². The first-order valence-electron chi connectivity index (χ1n) is 9.32. The highest BCUT2D eigenvalue weighted by Gasteiger charge is 2.18. The van der Waals surface area contributed by atoms with Crippen LogP contribution >= 0.6 is 11.8 Å². The molecule has 0 unspecified atom stereocenters. The molecule has 2 N–H and O–H groups in total. The van der Waals surface area contributed by atoms with Crippen molar-refractivity contribution in [3.05, 3.63) is 78.1 Å². The molecule has 0 amide bonds. The maximum atomic E-state index is 11.2. The van der Waals surface area contributed by atoms with Crippen LogP contribution < -0.4 is 9.30 Å². The lowest BCUT2D eigenvalue weighted by Gasteiger charge is -2.03. The third-order valence-electron chi connectivity index (χ3n) is 4.75. The van der Waals surface area contributed by atoms with E-state index in [1.54, 1.807) is 43.1 Å². The van der Waals surface area contributed by atoms with Crippen molar-refractivity contribution in [3.8, 4) is 28.4 Å². The zero-order valence-electron chi connectivity index (χ0n) is 16.6. The molecule has 0 bridgehead atoms. The van der Waals surface area contributed by atoms with Crippen LogP contribution in [0.1, 0.15) is 15.9 Å². The van der Waals surface area contributed by atoms with Gasteiger partial charge in [0.2, 0.25) is 0 Å². The Balaban J connectivity index is 1.72. The first-order valence-corrected chi connectivity index (χ1v) is 10.3. The van der Waals surface area contributed by atoms with E-state index in [0.29, 0.717) is 5.75 Å². The van der Waals surface area contributed by atoms with Crippen molar-refractivity contribution in [3.63, 3.8) is 0 Å². The number of benzene rings is 2. The minimum absolute atomic E-state index is 0.243. The molecule has 4 aromatic rings. The molecule has 2 aromatic heterocycles. The fraction of sp³-hybridized carbons (Fsp3) is 0.130. The smallest absolute Gasteiger partial charge is 0.335 e. The van der Waals surface area contributed by atoms with E-state index in [2.05, 4.69) is 4.98 Å². The van der Waals surface area contributed by atoms with E-state index >= 15 is 0 Å². The van der Waals surface area contributed by atoms with Crippen LogP contribution in [-0.4, -0.2) is 23.2 Å². The van der Waals surface area contributed by atoms with E-state index in [0.717, 1.165) is 39.1 Å². The maximum absolute atomic E-state index is 11.2. The normalized spacial score (nSPS) is 10.9. The van der Waals surface area contributed by atoms with Gasteiger partial charge in [0.05, 0.1) is 19.7 Å². The number of furan rings is 1. The van der Waals surface area contributed by atoms with E-state index in [9.17, 15) is 9.90 Å². The van der Waals surface area contributed by atoms with Crippen molar-refractivity contribution in [1.82, 2.24) is 4.98 Å². The SMILES string of the molecule is COc1cccc(-c2cc(CSc3[nH]cc[n+]3C)c(-c3ccc(C(=O)O)cc3)o2)c1. The second kappa shape index (κ2) is 8.51. The third kappa shape index (κ3) is 4.11. The molecule has 0 aliphatic rings. The monoisotopic (exact) mass is 421 g/mol. The number of carboxylic acids is 1. The molecule has 0 atom stereocenters. The van der Waals surface area contributed by atoms with Gasteiger partial charge in [0.1, 0.15) is 29.7 Å². The average molecular weight is 421 g/mol. The summed E-state index contributed by atoms with van der Waals surface area (Å²) in [6.45, 7) is 0. The lowest BCUT2D eigenvalue weighted by molar-refractivity contribution is -0.708. The number of aromatic carboxylic acids is 1. The molecule has 0 saturated heterocycles. The average Bonchev–Trinajstić information content (AvgIpc) is 3.38. The second-order valence-electron chi connectivity index (χ2n) is 6.74. The fourth-order valence-corrected chi connectivity index (χ4v) is 4.07. The number of nitrogens with zero attached hydrogens (tertiary/aromatic N) is 1. The molecule has 7 heteroatoms. The maximum Gasteiger partial charge on any atom is 0.335 e. The lowest BCUT2D eigenvalue weighted by Crippen LogP contribution is -2.27. The molecule has 0 aliphatic heterocycles. The Labute approximate surface area is 178 Å². The molecule has 2 heterocycles. The number of aromatic amines is 1.